The number of nitrogens with zero attached hydrogens (tertiary/aromatic N) is 2. The van der Waals surface area contributed by atoms with Crippen LogP contribution in [0.25, 0.3) is 15.9 Å². The summed E-state index contributed by atoms with van der Waals surface area (Å²) in [6, 6.07) is 7.08. The van der Waals surface area contributed by atoms with Gasteiger partial charge in [0.15, 0.2) is 0 Å². The lowest BCUT2D eigenvalue weighted by Crippen LogP contribution is -2.55. The fourth-order valence-corrected chi connectivity index (χ4v) is 8.36. The highest BCUT2D eigenvalue weighted by atomic mass is 32.1. The smallest absolute Gasteiger partial charge is 0.348 e. The average Bonchev–Trinajstić information content (AvgIpc) is 3.33. The number of nitrogens with one attached hydrogen (secondary N) is 1. The lowest BCUT2D eigenvalue weighted by molar-refractivity contribution is -0.137. The van der Waals surface area contributed by atoms with E-state index < -0.39 is 11.7 Å². The lowest BCUT2D eigenvalue weighted by Gasteiger charge is -2.59. The third kappa shape index (κ3) is 3.56. The van der Waals surface area contributed by atoms with Crippen LogP contribution in [0, 0.1) is 30.1 Å². The predicted molar refractivity (Wildman–Crippen MR) is 126 cm³/mol. The molecule has 8 heteroatoms. The largest absolute Gasteiger partial charge is 0.416 e. The Balaban J connectivity index is 1.27. The maximum atomic E-state index is 13.3. The SMILES string of the molecule is Cc1nn(-c2cccc(C(F)(F)F)c2)c2sc(C(=O)N[C@@H](C)C34CC5CC(CC(C5)C3)C4)cc12. The van der Waals surface area contributed by atoms with Crippen molar-refractivity contribution in [1.82, 2.24) is 15.1 Å². The van der Waals surface area contributed by atoms with Gasteiger partial charge in [-0.2, -0.15) is 18.3 Å². The van der Waals surface area contributed by atoms with Crippen LogP contribution in [0.5, 0.6) is 0 Å². The molecule has 4 saturated carbocycles. The highest BCUT2D eigenvalue weighted by molar-refractivity contribution is 7.20. The van der Waals surface area contributed by atoms with E-state index in [1.807, 2.05) is 13.0 Å². The number of aryl methyl sites for hydroxylation is 1. The van der Waals surface area contributed by atoms with Gasteiger partial charge in [0.1, 0.15) is 4.83 Å². The molecule has 4 aliphatic rings. The van der Waals surface area contributed by atoms with E-state index in [-0.39, 0.29) is 17.4 Å². The zero-order valence-electron chi connectivity index (χ0n) is 19.3. The molecule has 4 nitrogen and oxygen atoms in total. The van der Waals surface area contributed by atoms with E-state index in [2.05, 4.69) is 17.3 Å². The number of thiophene rings is 1. The molecule has 34 heavy (non-hydrogen) atoms. The molecular formula is C26H28F3N3OS. The van der Waals surface area contributed by atoms with Crippen LogP contribution in [0.3, 0.4) is 0 Å². The van der Waals surface area contributed by atoms with E-state index in [9.17, 15) is 18.0 Å². The zero-order chi connectivity index (χ0) is 23.8. The minimum Gasteiger partial charge on any atom is -0.348 e. The molecule has 1 aromatic carbocycles. The first-order valence-corrected chi connectivity index (χ1v) is 12.9. The first-order valence-electron chi connectivity index (χ1n) is 12.1. The number of carbonyl (C=O) groups excluding carboxylic acids is 1. The summed E-state index contributed by atoms with van der Waals surface area (Å²) >= 11 is 1.29. The molecule has 0 saturated heterocycles. The molecule has 1 N–H and O–H groups in total. The number of amides is 1. The van der Waals surface area contributed by atoms with Crippen LogP contribution in [-0.4, -0.2) is 21.7 Å². The summed E-state index contributed by atoms with van der Waals surface area (Å²) in [5, 5.41) is 8.57. The first-order chi connectivity index (χ1) is 16.1. The Bertz CT molecular complexity index is 1240. The summed E-state index contributed by atoms with van der Waals surface area (Å²) in [7, 11) is 0. The molecule has 2 heterocycles. The summed E-state index contributed by atoms with van der Waals surface area (Å²) in [5.74, 6) is 2.35. The third-order valence-corrected chi connectivity index (χ3v) is 9.65. The average molecular weight is 488 g/mol. The summed E-state index contributed by atoms with van der Waals surface area (Å²) < 4.78 is 41.2. The zero-order valence-corrected chi connectivity index (χ0v) is 20.1. The van der Waals surface area contributed by atoms with Crippen molar-refractivity contribution in [3.8, 4) is 5.69 Å². The van der Waals surface area contributed by atoms with Gasteiger partial charge in [0.2, 0.25) is 0 Å². The van der Waals surface area contributed by atoms with Gasteiger partial charge >= 0.3 is 6.18 Å². The van der Waals surface area contributed by atoms with Gasteiger partial charge in [0.25, 0.3) is 5.91 Å². The maximum Gasteiger partial charge on any atom is 0.416 e. The molecule has 4 aliphatic carbocycles. The second kappa shape index (κ2) is 7.57. The van der Waals surface area contributed by atoms with E-state index >= 15 is 0 Å². The topological polar surface area (TPSA) is 46.9 Å². The summed E-state index contributed by atoms with van der Waals surface area (Å²) in [5.41, 5.74) is 0.525. The third-order valence-electron chi connectivity index (χ3n) is 8.54. The van der Waals surface area contributed by atoms with Crippen molar-refractivity contribution in [2.75, 3.05) is 0 Å². The van der Waals surface area contributed by atoms with Gasteiger partial charge in [0, 0.05) is 11.4 Å². The van der Waals surface area contributed by atoms with E-state index in [4.69, 9.17) is 0 Å². The Labute approximate surface area is 200 Å². The molecule has 0 spiro atoms. The van der Waals surface area contributed by atoms with Gasteiger partial charge in [-0.15, -0.1) is 11.3 Å². The lowest BCUT2D eigenvalue weighted by atomic mass is 9.48. The second-order valence-electron chi connectivity index (χ2n) is 10.8. The van der Waals surface area contributed by atoms with Gasteiger partial charge in [-0.1, -0.05) is 6.07 Å². The number of aromatic nitrogens is 2. The van der Waals surface area contributed by atoms with Crippen LogP contribution in [0.15, 0.2) is 30.3 Å². The van der Waals surface area contributed by atoms with Crippen LogP contribution >= 0.6 is 11.3 Å². The van der Waals surface area contributed by atoms with Crippen molar-refractivity contribution in [1.29, 1.82) is 0 Å². The quantitative estimate of drug-likeness (QED) is 0.443. The molecule has 4 fully saturated rings. The van der Waals surface area contributed by atoms with Crippen molar-refractivity contribution >= 4 is 27.5 Å². The van der Waals surface area contributed by atoms with Crippen molar-refractivity contribution in [2.24, 2.45) is 23.2 Å². The van der Waals surface area contributed by atoms with Crippen LogP contribution in [-0.2, 0) is 6.18 Å². The van der Waals surface area contributed by atoms with Gasteiger partial charge in [-0.05, 0) is 99.8 Å². The van der Waals surface area contributed by atoms with Crippen molar-refractivity contribution < 1.29 is 18.0 Å². The number of hydrogen-bond donors (Lipinski definition) is 1. The number of benzene rings is 1. The van der Waals surface area contributed by atoms with Gasteiger partial charge < -0.3 is 5.32 Å². The summed E-state index contributed by atoms with van der Waals surface area (Å²) in [6.45, 7) is 3.98. The highest BCUT2D eigenvalue weighted by Crippen LogP contribution is 2.61. The van der Waals surface area contributed by atoms with Crippen LogP contribution < -0.4 is 5.32 Å². The molecule has 4 bridgehead atoms. The molecular weight excluding hydrogens is 459 g/mol. The standard InChI is InChI=1S/C26H28F3N3OS/c1-14-21-10-22(34-24(21)32(31-14)20-5-3-4-19(9-20)26(27,28)29)23(33)30-15(2)25-11-16-6-17(12-25)8-18(7-16)13-25/h3-5,9-10,15-18H,6-8,11-13H2,1-2H3,(H,30,33)/t15-,16?,17?,18?,25?/m0/s1. The number of rotatable bonds is 4. The Kier molecular flexibility index (Phi) is 4.93. The highest BCUT2D eigenvalue weighted by Gasteiger charge is 2.53. The van der Waals surface area contributed by atoms with Crippen LogP contribution in [0.2, 0.25) is 0 Å². The van der Waals surface area contributed by atoms with Crippen molar-refractivity contribution in [3.05, 3.63) is 46.5 Å². The fraction of sp³-hybridized carbons (Fsp3) is 0.538. The van der Waals surface area contributed by atoms with Crippen molar-refractivity contribution in [3.63, 3.8) is 0 Å². The van der Waals surface area contributed by atoms with Crippen LogP contribution in [0.1, 0.15) is 66.4 Å². The summed E-state index contributed by atoms with van der Waals surface area (Å²) in [4.78, 5) is 14.5. The van der Waals surface area contributed by atoms with Crippen LogP contribution in [0.4, 0.5) is 13.2 Å². The summed E-state index contributed by atoms with van der Waals surface area (Å²) in [6.07, 6.45) is 3.32. The number of fused-ring (bicyclic) bond motifs is 1. The molecule has 180 valence electrons. The Morgan fingerprint density at radius 1 is 1.15 bits per heavy atom. The first kappa shape index (κ1) is 22.1. The van der Waals surface area contributed by atoms with E-state index in [0.717, 1.165) is 35.3 Å². The molecule has 1 amide bonds. The Hall–Kier alpha value is -2.35. The van der Waals surface area contributed by atoms with Gasteiger partial charge in [-0.25, -0.2) is 4.68 Å². The maximum absolute atomic E-state index is 13.3. The molecule has 2 aromatic heterocycles. The second-order valence-corrected chi connectivity index (χ2v) is 11.9. The molecule has 7 rings (SSSR count). The Morgan fingerprint density at radius 2 is 1.79 bits per heavy atom. The van der Waals surface area contributed by atoms with Gasteiger partial charge in [-0.3, -0.25) is 4.79 Å². The minimum absolute atomic E-state index is 0.0977. The normalized spacial score (nSPS) is 29.0. The predicted octanol–water partition coefficient (Wildman–Crippen LogP) is 6.75. The Morgan fingerprint density at radius 3 is 2.41 bits per heavy atom. The van der Waals surface area contributed by atoms with E-state index in [1.54, 1.807) is 6.07 Å². The fourth-order valence-electron chi connectivity index (χ4n) is 7.28. The number of hydrogen-bond acceptors (Lipinski definition) is 3. The molecule has 1 atom stereocenters. The molecule has 0 radical (unpaired) electrons. The van der Waals surface area contributed by atoms with E-state index in [0.29, 0.717) is 21.1 Å². The molecule has 0 unspecified atom stereocenters. The molecule has 0 aliphatic heterocycles. The van der Waals surface area contributed by atoms with E-state index in [1.165, 1.54) is 60.6 Å². The monoisotopic (exact) mass is 487 g/mol. The number of alkyl halides is 3. The number of carbonyl (C=O) groups is 1. The van der Waals surface area contributed by atoms with Gasteiger partial charge in [0.05, 0.1) is 21.8 Å². The van der Waals surface area contributed by atoms with Crippen molar-refractivity contribution in [2.45, 2.75) is 64.6 Å². The molecule has 3 aromatic rings. The minimum atomic E-state index is -4.43. The number of halogens is 3.